The summed E-state index contributed by atoms with van der Waals surface area (Å²) in [4.78, 5) is 18.0. The molecule has 0 bridgehead atoms. The van der Waals surface area contributed by atoms with Gasteiger partial charge in [-0.3, -0.25) is 4.79 Å². The second-order valence-corrected chi connectivity index (χ2v) is 5.66. The topological polar surface area (TPSA) is 64.5 Å². The Labute approximate surface area is 115 Å². The molecule has 0 radical (unpaired) electrons. The molecule has 0 aromatic carbocycles. The Morgan fingerprint density at radius 2 is 2.42 bits per heavy atom. The van der Waals surface area contributed by atoms with Crippen LogP contribution in [-0.4, -0.2) is 48.2 Å². The van der Waals surface area contributed by atoms with Crippen LogP contribution < -0.4 is 4.90 Å². The molecule has 6 nitrogen and oxygen atoms in total. The maximum atomic E-state index is 11.3. The van der Waals surface area contributed by atoms with Crippen molar-refractivity contribution in [2.45, 2.75) is 31.3 Å². The number of esters is 1. The van der Waals surface area contributed by atoms with Crippen molar-refractivity contribution in [3.63, 3.8) is 0 Å². The Hall–Kier alpha value is -1.21. The van der Waals surface area contributed by atoms with Gasteiger partial charge in [-0.25, -0.2) is 4.98 Å². The van der Waals surface area contributed by atoms with E-state index in [1.54, 1.807) is 0 Å². The molecule has 0 amide bonds. The summed E-state index contributed by atoms with van der Waals surface area (Å²) in [6, 6.07) is 0. The van der Waals surface area contributed by atoms with Crippen LogP contribution in [0.5, 0.6) is 0 Å². The number of hydrogen-bond donors (Lipinski definition) is 0. The molecule has 1 saturated heterocycles. The Bertz CT molecular complexity index is 461. The maximum absolute atomic E-state index is 11.3. The predicted molar refractivity (Wildman–Crippen MR) is 70.5 cm³/mol. The van der Waals surface area contributed by atoms with Gasteiger partial charge in [-0.1, -0.05) is 0 Å². The number of methoxy groups -OCH3 is 1. The van der Waals surface area contributed by atoms with Gasteiger partial charge < -0.3 is 14.4 Å². The number of morpholine rings is 1. The highest BCUT2D eigenvalue weighted by molar-refractivity contribution is 7.09. The van der Waals surface area contributed by atoms with Crippen LogP contribution in [0.25, 0.3) is 0 Å². The zero-order valence-corrected chi connectivity index (χ0v) is 11.7. The van der Waals surface area contributed by atoms with Gasteiger partial charge in [-0.2, -0.15) is 4.37 Å². The molecule has 1 aromatic rings. The molecule has 2 fully saturated rings. The van der Waals surface area contributed by atoms with Crippen molar-refractivity contribution >= 4 is 22.6 Å². The first-order chi connectivity index (χ1) is 9.26. The fourth-order valence-electron chi connectivity index (χ4n) is 2.15. The molecule has 1 aliphatic heterocycles. The van der Waals surface area contributed by atoms with E-state index in [9.17, 15) is 4.79 Å². The third-order valence-corrected chi connectivity index (χ3v) is 4.20. The van der Waals surface area contributed by atoms with Crippen molar-refractivity contribution < 1.29 is 14.3 Å². The Kier molecular flexibility index (Phi) is 3.65. The lowest BCUT2D eigenvalue weighted by Crippen LogP contribution is -2.43. The molecule has 104 valence electrons. The van der Waals surface area contributed by atoms with Gasteiger partial charge in [0, 0.05) is 30.5 Å². The molecule has 1 saturated carbocycles. The third kappa shape index (κ3) is 3.03. The van der Waals surface area contributed by atoms with Crippen LogP contribution in [0, 0.1) is 0 Å². The van der Waals surface area contributed by atoms with Crippen molar-refractivity contribution in [3.05, 3.63) is 5.82 Å². The standard InChI is InChI=1S/C12H17N3O3S/c1-17-10(16)6-9-7-15(4-5-18-9)12-13-11(14-19-12)8-2-3-8/h8-9H,2-7H2,1H3. The molecule has 7 heteroatoms. The van der Waals surface area contributed by atoms with Crippen molar-refractivity contribution in [3.8, 4) is 0 Å². The lowest BCUT2D eigenvalue weighted by atomic mass is 10.2. The van der Waals surface area contributed by atoms with Crippen molar-refractivity contribution in [1.29, 1.82) is 0 Å². The minimum Gasteiger partial charge on any atom is -0.469 e. The minimum absolute atomic E-state index is 0.116. The normalized spacial score (nSPS) is 23.4. The zero-order valence-electron chi connectivity index (χ0n) is 10.9. The van der Waals surface area contributed by atoms with E-state index in [2.05, 4.69) is 19.0 Å². The first-order valence-corrected chi connectivity index (χ1v) is 7.30. The zero-order chi connectivity index (χ0) is 13.2. The summed E-state index contributed by atoms with van der Waals surface area (Å²) >= 11 is 1.44. The summed E-state index contributed by atoms with van der Waals surface area (Å²) < 4.78 is 14.7. The number of ether oxygens (including phenoxy) is 2. The molecule has 0 spiro atoms. The average Bonchev–Trinajstić information content (AvgIpc) is 3.16. The lowest BCUT2D eigenvalue weighted by Gasteiger charge is -2.31. The smallest absolute Gasteiger partial charge is 0.308 e. The molecule has 1 aromatic heterocycles. The van der Waals surface area contributed by atoms with Crippen molar-refractivity contribution in [1.82, 2.24) is 9.36 Å². The first-order valence-electron chi connectivity index (χ1n) is 6.53. The van der Waals surface area contributed by atoms with E-state index in [1.165, 1.54) is 31.5 Å². The number of aromatic nitrogens is 2. The van der Waals surface area contributed by atoms with E-state index in [0.29, 0.717) is 25.5 Å². The van der Waals surface area contributed by atoms with E-state index in [-0.39, 0.29) is 12.1 Å². The van der Waals surface area contributed by atoms with Crippen LogP contribution in [0.2, 0.25) is 0 Å². The van der Waals surface area contributed by atoms with Crippen LogP contribution >= 0.6 is 11.5 Å². The maximum Gasteiger partial charge on any atom is 0.308 e. The van der Waals surface area contributed by atoms with Gasteiger partial charge in [0.2, 0.25) is 5.13 Å². The summed E-state index contributed by atoms with van der Waals surface area (Å²) in [6.45, 7) is 2.09. The van der Waals surface area contributed by atoms with Crippen LogP contribution in [-0.2, 0) is 14.3 Å². The van der Waals surface area contributed by atoms with E-state index >= 15 is 0 Å². The van der Waals surface area contributed by atoms with Crippen molar-refractivity contribution in [2.24, 2.45) is 0 Å². The fraction of sp³-hybridized carbons (Fsp3) is 0.750. The van der Waals surface area contributed by atoms with Gasteiger partial charge in [0.1, 0.15) is 5.82 Å². The van der Waals surface area contributed by atoms with Gasteiger partial charge >= 0.3 is 5.97 Å². The van der Waals surface area contributed by atoms with Crippen LogP contribution in [0.15, 0.2) is 0 Å². The predicted octanol–water partition coefficient (Wildman–Crippen LogP) is 1.18. The number of hydrogen-bond acceptors (Lipinski definition) is 7. The van der Waals surface area contributed by atoms with Crippen molar-refractivity contribution in [2.75, 3.05) is 31.7 Å². The summed E-state index contributed by atoms with van der Waals surface area (Å²) in [5.74, 6) is 1.33. The Morgan fingerprint density at radius 1 is 1.58 bits per heavy atom. The molecule has 19 heavy (non-hydrogen) atoms. The molecule has 3 rings (SSSR count). The molecule has 2 heterocycles. The second kappa shape index (κ2) is 5.42. The van der Waals surface area contributed by atoms with E-state index in [0.717, 1.165) is 17.5 Å². The monoisotopic (exact) mass is 283 g/mol. The molecule has 1 aliphatic carbocycles. The molecule has 0 N–H and O–H groups in total. The number of rotatable bonds is 4. The summed E-state index contributed by atoms with van der Waals surface area (Å²) in [5, 5.41) is 0.945. The van der Waals surface area contributed by atoms with E-state index in [4.69, 9.17) is 4.74 Å². The largest absolute Gasteiger partial charge is 0.469 e. The Balaban J connectivity index is 1.61. The minimum atomic E-state index is -0.234. The lowest BCUT2D eigenvalue weighted by molar-refractivity contribution is -0.144. The third-order valence-electron chi connectivity index (χ3n) is 3.40. The fourth-order valence-corrected chi connectivity index (χ4v) is 2.93. The summed E-state index contributed by atoms with van der Waals surface area (Å²) in [5.41, 5.74) is 0. The highest BCUT2D eigenvalue weighted by Gasteiger charge is 2.30. The second-order valence-electron chi connectivity index (χ2n) is 4.93. The molecular weight excluding hydrogens is 266 g/mol. The number of nitrogens with zero attached hydrogens (tertiary/aromatic N) is 3. The van der Waals surface area contributed by atoms with Gasteiger partial charge in [0.25, 0.3) is 0 Å². The molecule has 1 atom stereocenters. The van der Waals surface area contributed by atoms with Crippen LogP contribution in [0.4, 0.5) is 5.13 Å². The molecule has 1 unspecified atom stereocenters. The number of carbonyl (C=O) groups excluding carboxylic acids is 1. The van der Waals surface area contributed by atoms with Gasteiger partial charge in [0.05, 0.1) is 26.2 Å². The van der Waals surface area contributed by atoms with Crippen LogP contribution in [0.1, 0.15) is 31.0 Å². The number of anilines is 1. The average molecular weight is 283 g/mol. The molecular formula is C12H17N3O3S. The van der Waals surface area contributed by atoms with Gasteiger partial charge in [0.15, 0.2) is 0 Å². The van der Waals surface area contributed by atoms with E-state index in [1.807, 2.05) is 0 Å². The highest BCUT2D eigenvalue weighted by Crippen LogP contribution is 2.39. The summed E-state index contributed by atoms with van der Waals surface area (Å²) in [7, 11) is 1.40. The highest BCUT2D eigenvalue weighted by atomic mass is 32.1. The first kappa shape index (κ1) is 12.8. The Morgan fingerprint density at radius 3 is 3.16 bits per heavy atom. The van der Waals surface area contributed by atoms with E-state index < -0.39 is 0 Å². The summed E-state index contributed by atoms with van der Waals surface area (Å²) in [6.07, 6.45) is 2.60. The van der Waals surface area contributed by atoms with Crippen LogP contribution in [0.3, 0.4) is 0 Å². The van der Waals surface area contributed by atoms with Gasteiger partial charge in [-0.05, 0) is 12.8 Å². The SMILES string of the molecule is COC(=O)CC1CN(c2nc(C3CC3)ns2)CCO1. The molecule has 2 aliphatic rings. The van der Waals surface area contributed by atoms with Gasteiger partial charge in [-0.15, -0.1) is 0 Å². The number of carbonyl (C=O) groups is 1. The quantitative estimate of drug-likeness (QED) is 0.773.